The summed E-state index contributed by atoms with van der Waals surface area (Å²) in [6.07, 6.45) is 0. The van der Waals surface area contributed by atoms with Crippen LogP contribution >= 0.6 is 0 Å². The van der Waals surface area contributed by atoms with E-state index in [1.165, 1.54) is 0 Å². The van der Waals surface area contributed by atoms with Crippen LogP contribution in [0.25, 0.3) is 11.1 Å². The first-order chi connectivity index (χ1) is 14.3. The fourth-order valence-electron chi connectivity index (χ4n) is 3.51. The summed E-state index contributed by atoms with van der Waals surface area (Å²) in [5, 5.41) is 12.4. The van der Waals surface area contributed by atoms with Crippen molar-refractivity contribution in [1.29, 1.82) is 5.26 Å². The molecule has 0 saturated carbocycles. The lowest BCUT2D eigenvalue weighted by Crippen LogP contribution is -2.36. The summed E-state index contributed by atoms with van der Waals surface area (Å²) >= 11 is 0. The van der Waals surface area contributed by atoms with Crippen LogP contribution in [0.1, 0.15) is 15.9 Å². The number of ether oxygens (including phenoxy) is 1. The molecule has 1 amide bonds. The molecule has 3 aromatic carbocycles. The van der Waals surface area contributed by atoms with Gasteiger partial charge in [-0.15, -0.1) is 0 Å². The van der Waals surface area contributed by atoms with Crippen LogP contribution in [0.2, 0.25) is 0 Å². The molecular formula is C24H21N3O2. The van der Waals surface area contributed by atoms with Gasteiger partial charge in [-0.3, -0.25) is 4.79 Å². The summed E-state index contributed by atoms with van der Waals surface area (Å²) in [6.45, 7) is 3.22. The third kappa shape index (κ3) is 4.13. The molecule has 1 aliphatic heterocycles. The van der Waals surface area contributed by atoms with Crippen LogP contribution in [-0.4, -0.2) is 32.2 Å². The number of hydrogen-bond acceptors (Lipinski definition) is 4. The molecule has 0 aromatic heterocycles. The standard InChI is InChI=1S/C24H21N3O2/c25-17-18-5-1-2-6-21(18)22-7-3-4-8-23(22)24(28)26-19-9-11-20(12-10-19)27-13-15-29-16-14-27/h1-12H,13-16H2,(H,26,28). The van der Waals surface area contributed by atoms with Crippen LogP contribution in [0.4, 0.5) is 11.4 Å². The highest BCUT2D eigenvalue weighted by Gasteiger charge is 2.15. The van der Waals surface area contributed by atoms with Crippen molar-refractivity contribution in [3.05, 3.63) is 83.9 Å². The lowest BCUT2D eigenvalue weighted by atomic mass is 9.95. The molecule has 3 aromatic rings. The number of hydrogen-bond donors (Lipinski definition) is 1. The zero-order chi connectivity index (χ0) is 20.1. The third-order valence-corrected chi connectivity index (χ3v) is 5.01. The lowest BCUT2D eigenvalue weighted by molar-refractivity contribution is 0.102. The van der Waals surface area contributed by atoms with E-state index < -0.39 is 0 Å². The average molecular weight is 383 g/mol. The van der Waals surface area contributed by atoms with E-state index in [2.05, 4.69) is 16.3 Å². The van der Waals surface area contributed by atoms with E-state index in [9.17, 15) is 10.1 Å². The Morgan fingerprint density at radius 3 is 2.28 bits per heavy atom. The number of amides is 1. The Kier molecular flexibility index (Phi) is 5.55. The van der Waals surface area contributed by atoms with Crippen molar-refractivity contribution in [2.24, 2.45) is 0 Å². The molecule has 144 valence electrons. The Labute approximate surface area is 170 Å². The molecule has 1 fully saturated rings. The maximum Gasteiger partial charge on any atom is 0.256 e. The number of rotatable bonds is 4. The van der Waals surface area contributed by atoms with Crippen molar-refractivity contribution >= 4 is 17.3 Å². The molecule has 0 unspecified atom stereocenters. The van der Waals surface area contributed by atoms with E-state index in [1.54, 1.807) is 12.1 Å². The molecule has 1 aliphatic rings. The molecule has 0 aliphatic carbocycles. The average Bonchev–Trinajstić information content (AvgIpc) is 2.80. The van der Waals surface area contributed by atoms with E-state index in [0.717, 1.165) is 48.8 Å². The molecule has 1 saturated heterocycles. The van der Waals surface area contributed by atoms with Crippen molar-refractivity contribution in [2.75, 3.05) is 36.5 Å². The maximum atomic E-state index is 13.0. The Morgan fingerprint density at radius 1 is 0.897 bits per heavy atom. The highest BCUT2D eigenvalue weighted by atomic mass is 16.5. The molecular weight excluding hydrogens is 362 g/mol. The molecule has 0 radical (unpaired) electrons. The van der Waals surface area contributed by atoms with E-state index in [0.29, 0.717) is 11.1 Å². The number of anilines is 2. The van der Waals surface area contributed by atoms with E-state index in [-0.39, 0.29) is 5.91 Å². The molecule has 1 N–H and O–H groups in total. The van der Waals surface area contributed by atoms with Gasteiger partial charge >= 0.3 is 0 Å². The van der Waals surface area contributed by atoms with E-state index in [4.69, 9.17) is 4.74 Å². The van der Waals surface area contributed by atoms with Gasteiger partial charge in [-0.1, -0.05) is 36.4 Å². The van der Waals surface area contributed by atoms with Gasteiger partial charge in [0.2, 0.25) is 0 Å². The second-order valence-corrected chi connectivity index (χ2v) is 6.80. The van der Waals surface area contributed by atoms with Crippen LogP contribution in [-0.2, 0) is 4.74 Å². The minimum atomic E-state index is -0.201. The number of nitrogens with one attached hydrogen (secondary N) is 1. The van der Waals surface area contributed by atoms with Gasteiger partial charge in [0.15, 0.2) is 0 Å². The van der Waals surface area contributed by atoms with Crippen molar-refractivity contribution in [2.45, 2.75) is 0 Å². The molecule has 0 spiro atoms. The Bertz CT molecular complexity index is 1050. The van der Waals surface area contributed by atoms with Crippen LogP contribution in [0.5, 0.6) is 0 Å². The summed E-state index contributed by atoms with van der Waals surface area (Å²) in [5.74, 6) is -0.201. The number of nitriles is 1. The van der Waals surface area contributed by atoms with Crippen LogP contribution < -0.4 is 10.2 Å². The van der Waals surface area contributed by atoms with Crippen molar-refractivity contribution in [3.63, 3.8) is 0 Å². The van der Waals surface area contributed by atoms with E-state index >= 15 is 0 Å². The first-order valence-corrected chi connectivity index (χ1v) is 9.59. The first-order valence-electron chi connectivity index (χ1n) is 9.59. The predicted octanol–water partition coefficient (Wildman–Crippen LogP) is 4.31. The first kappa shape index (κ1) is 18.7. The third-order valence-electron chi connectivity index (χ3n) is 5.01. The second-order valence-electron chi connectivity index (χ2n) is 6.80. The highest BCUT2D eigenvalue weighted by molar-refractivity contribution is 6.09. The molecule has 0 bridgehead atoms. The zero-order valence-electron chi connectivity index (χ0n) is 16.0. The fraction of sp³-hybridized carbons (Fsp3) is 0.167. The van der Waals surface area contributed by atoms with Gasteiger partial charge in [0.05, 0.1) is 24.8 Å². The summed E-state index contributed by atoms with van der Waals surface area (Å²) in [6, 6.07) is 24.7. The Balaban J connectivity index is 1.56. The molecule has 5 nitrogen and oxygen atoms in total. The van der Waals surface area contributed by atoms with Gasteiger partial charge in [-0.25, -0.2) is 0 Å². The topological polar surface area (TPSA) is 65.4 Å². The number of benzene rings is 3. The number of nitrogens with zero attached hydrogens (tertiary/aromatic N) is 2. The minimum Gasteiger partial charge on any atom is -0.378 e. The van der Waals surface area contributed by atoms with Crippen LogP contribution in [0.15, 0.2) is 72.8 Å². The fourth-order valence-corrected chi connectivity index (χ4v) is 3.51. The van der Waals surface area contributed by atoms with Gasteiger partial charge < -0.3 is 15.0 Å². The Hall–Kier alpha value is -3.62. The quantitative estimate of drug-likeness (QED) is 0.729. The summed E-state index contributed by atoms with van der Waals surface area (Å²) in [7, 11) is 0. The molecule has 1 heterocycles. The van der Waals surface area contributed by atoms with Gasteiger partial charge in [0.25, 0.3) is 5.91 Å². The van der Waals surface area contributed by atoms with Gasteiger partial charge in [-0.2, -0.15) is 5.26 Å². The summed E-state index contributed by atoms with van der Waals surface area (Å²) < 4.78 is 5.39. The van der Waals surface area contributed by atoms with Crippen molar-refractivity contribution in [3.8, 4) is 17.2 Å². The molecule has 29 heavy (non-hydrogen) atoms. The van der Waals surface area contributed by atoms with Crippen molar-refractivity contribution < 1.29 is 9.53 Å². The monoisotopic (exact) mass is 383 g/mol. The van der Waals surface area contributed by atoms with Crippen LogP contribution in [0.3, 0.4) is 0 Å². The Morgan fingerprint density at radius 2 is 1.55 bits per heavy atom. The van der Waals surface area contributed by atoms with Crippen LogP contribution in [0, 0.1) is 11.3 Å². The van der Waals surface area contributed by atoms with Gasteiger partial charge in [0.1, 0.15) is 0 Å². The lowest BCUT2D eigenvalue weighted by Gasteiger charge is -2.28. The second kappa shape index (κ2) is 8.59. The molecule has 4 rings (SSSR count). The van der Waals surface area contributed by atoms with Gasteiger partial charge in [-0.05, 0) is 42.0 Å². The predicted molar refractivity (Wildman–Crippen MR) is 114 cm³/mol. The highest BCUT2D eigenvalue weighted by Crippen LogP contribution is 2.28. The van der Waals surface area contributed by atoms with Crippen molar-refractivity contribution in [1.82, 2.24) is 0 Å². The summed E-state index contributed by atoms with van der Waals surface area (Å²) in [4.78, 5) is 15.2. The largest absolute Gasteiger partial charge is 0.378 e. The van der Waals surface area contributed by atoms with E-state index in [1.807, 2.05) is 60.7 Å². The number of morpholine rings is 1. The summed E-state index contributed by atoms with van der Waals surface area (Å²) in [5.41, 5.74) is 4.43. The number of carbonyl (C=O) groups excluding carboxylic acids is 1. The minimum absolute atomic E-state index is 0.201. The number of carbonyl (C=O) groups is 1. The SMILES string of the molecule is N#Cc1ccccc1-c1ccccc1C(=O)Nc1ccc(N2CCOCC2)cc1. The molecule has 0 atom stereocenters. The smallest absolute Gasteiger partial charge is 0.256 e. The normalized spacial score (nSPS) is 13.6. The molecule has 5 heteroatoms. The zero-order valence-corrected chi connectivity index (χ0v) is 16.0. The maximum absolute atomic E-state index is 13.0. The van der Waals surface area contributed by atoms with Gasteiger partial charge in [0, 0.05) is 35.6 Å².